The summed E-state index contributed by atoms with van der Waals surface area (Å²) in [6, 6.07) is 9.84. The predicted octanol–water partition coefficient (Wildman–Crippen LogP) is 2.29. The summed E-state index contributed by atoms with van der Waals surface area (Å²) in [5, 5.41) is 0. The van der Waals surface area contributed by atoms with Crippen LogP contribution in [0, 0.1) is 5.41 Å². The minimum absolute atomic E-state index is 0.0147. The molecule has 0 aromatic heterocycles. The molecular weight excluding hydrogens is 392 g/mol. The third kappa shape index (κ3) is 5.19. The van der Waals surface area contributed by atoms with E-state index in [1.54, 1.807) is 35.0 Å². The van der Waals surface area contributed by atoms with Crippen molar-refractivity contribution in [2.45, 2.75) is 57.6 Å². The molecule has 0 aliphatic carbocycles. The van der Waals surface area contributed by atoms with Gasteiger partial charge in [0, 0.05) is 14.2 Å². The summed E-state index contributed by atoms with van der Waals surface area (Å²) in [4.78, 5) is 12.2. The molecule has 0 unspecified atom stereocenters. The molecule has 2 aliphatic heterocycles. The van der Waals surface area contributed by atoms with Crippen molar-refractivity contribution in [2.75, 3.05) is 34.2 Å². The second-order valence-electron chi connectivity index (χ2n) is 8.58. The minimum atomic E-state index is -0.759. The van der Waals surface area contributed by atoms with Crippen LogP contribution in [0.1, 0.15) is 26.3 Å². The topological polar surface area (TPSA) is 85.0 Å². The van der Waals surface area contributed by atoms with E-state index in [2.05, 4.69) is 0 Å². The molecule has 30 heavy (non-hydrogen) atoms. The van der Waals surface area contributed by atoms with Crippen LogP contribution >= 0.6 is 0 Å². The molecule has 2 heterocycles. The first-order valence-electron chi connectivity index (χ1n) is 10.1. The van der Waals surface area contributed by atoms with Crippen LogP contribution in [0.3, 0.4) is 0 Å². The number of ether oxygens (including phenoxy) is 7. The number of benzene rings is 1. The largest absolute Gasteiger partial charge is 0.462 e. The number of carbonyl (C=O) groups is 1. The van der Waals surface area contributed by atoms with Gasteiger partial charge in [-0.25, -0.2) is 0 Å². The van der Waals surface area contributed by atoms with Crippen molar-refractivity contribution in [1.29, 1.82) is 0 Å². The Morgan fingerprint density at radius 1 is 1.13 bits per heavy atom. The van der Waals surface area contributed by atoms with Crippen molar-refractivity contribution >= 4 is 5.97 Å². The van der Waals surface area contributed by atoms with E-state index >= 15 is 0 Å². The third-order valence-corrected chi connectivity index (χ3v) is 5.20. The van der Waals surface area contributed by atoms with Gasteiger partial charge >= 0.3 is 5.97 Å². The van der Waals surface area contributed by atoms with E-state index in [0.717, 1.165) is 5.56 Å². The average molecular weight is 424 g/mol. The first-order valence-corrected chi connectivity index (χ1v) is 10.1. The summed E-state index contributed by atoms with van der Waals surface area (Å²) in [5.41, 5.74) is -0.350. The van der Waals surface area contributed by atoms with Crippen LogP contribution in [0.15, 0.2) is 30.3 Å². The molecule has 2 aliphatic rings. The molecule has 2 fully saturated rings. The lowest BCUT2D eigenvalue weighted by Crippen LogP contribution is -2.63. The Morgan fingerprint density at radius 2 is 1.83 bits per heavy atom. The number of methoxy groups -OCH3 is 2. The first-order chi connectivity index (χ1) is 14.3. The first kappa shape index (κ1) is 23.1. The molecule has 1 aromatic carbocycles. The van der Waals surface area contributed by atoms with E-state index in [9.17, 15) is 4.79 Å². The molecule has 168 valence electrons. The second-order valence-corrected chi connectivity index (χ2v) is 8.58. The summed E-state index contributed by atoms with van der Waals surface area (Å²) in [7, 11) is 3.09. The minimum Gasteiger partial charge on any atom is -0.462 e. The monoisotopic (exact) mass is 424 g/mol. The highest BCUT2D eigenvalue weighted by molar-refractivity contribution is 5.75. The van der Waals surface area contributed by atoms with E-state index in [1.165, 1.54) is 0 Å². The Bertz CT molecular complexity index is 682. The van der Waals surface area contributed by atoms with Gasteiger partial charge in [-0.2, -0.15) is 0 Å². The van der Waals surface area contributed by atoms with Gasteiger partial charge in [-0.1, -0.05) is 30.3 Å². The van der Waals surface area contributed by atoms with Crippen LogP contribution in [0.5, 0.6) is 0 Å². The van der Waals surface area contributed by atoms with Crippen molar-refractivity contribution in [3.8, 4) is 0 Å². The molecular formula is C22H32O8. The molecule has 5 atom stereocenters. The molecule has 1 spiro atoms. The Balaban J connectivity index is 1.74. The highest BCUT2D eigenvalue weighted by Crippen LogP contribution is 2.46. The molecule has 3 rings (SSSR count). The van der Waals surface area contributed by atoms with Crippen molar-refractivity contribution < 1.29 is 38.0 Å². The SMILES string of the molecule is COCO[C@@H]1[C@@H](COC(=O)C(C)(C)C)O[C@H](OC)[C@H](OCc2ccccc2)[C@]12CO2. The smallest absolute Gasteiger partial charge is 0.311 e. The molecule has 0 amide bonds. The van der Waals surface area contributed by atoms with Crippen LogP contribution < -0.4 is 0 Å². The van der Waals surface area contributed by atoms with E-state index < -0.39 is 35.6 Å². The number of carbonyl (C=O) groups excluding carboxylic acids is 1. The van der Waals surface area contributed by atoms with Crippen molar-refractivity contribution in [3.05, 3.63) is 35.9 Å². The fraction of sp³-hybridized carbons (Fsp3) is 0.682. The van der Waals surface area contributed by atoms with E-state index in [1.807, 2.05) is 30.3 Å². The van der Waals surface area contributed by atoms with Crippen molar-refractivity contribution in [2.24, 2.45) is 5.41 Å². The van der Waals surface area contributed by atoms with Gasteiger partial charge in [0.1, 0.15) is 31.7 Å². The fourth-order valence-corrected chi connectivity index (χ4v) is 3.48. The number of rotatable bonds is 9. The number of hydrogen-bond donors (Lipinski definition) is 0. The maximum Gasteiger partial charge on any atom is 0.311 e. The average Bonchev–Trinajstić information content (AvgIpc) is 3.51. The second kappa shape index (κ2) is 9.72. The van der Waals surface area contributed by atoms with Crippen LogP contribution in [-0.2, 0) is 44.6 Å². The van der Waals surface area contributed by atoms with Gasteiger partial charge in [-0.05, 0) is 26.3 Å². The summed E-state index contributed by atoms with van der Waals surface area (Å²) in [5.74, 6) is -0.321. The Kier molecular flexibility index (Phi) is 7.49. The summed E-state index contributed by atoms with van der Waals surface area (Å²) < 4.78 is 40.2. The molecule has 1 aromatic rings. The van der Waals surface area contributed by atoms with Crippen LogP contribution in [-0.4, -0.2) is 70.4 Å². The van der Waals surface area contributed by atoms with E-state index in [4.69, 9.17) is 33.2 Å². The molecule has 0 bridgehead atoms. The standard InChI is InChI=1S/C22H32O8/c1-21(2,3)20(23)27-12-16-17(28-14-24-4)22(13-29-22)18(19(25-5)30-16)26-11-15-9-7-6-8-10-15/h6-10,16-19H,11-14H2,1-5H3/t16-,17-,18+,19+,22+/m1/s1. The zero-order valence-corrected chi connectivity index (χ0v) is 18.3. The Labute approximate surface area is 177 Å². The normalized spacial score (nSPS) is 31.0. The van der Waals surface area contributed by atoms with Crippen LogP contribution in [0.4, 0.5) is 0 Å². The van der Waals surface area contributed by atoms with Crippen molar-refractivity contribution in [3.63, 3.8) is 0 Å². The molecule has 2 saturated heterocycles. The summed E-state index contributed by atoms with van der Waals surface area (Å²) in [6.45, 7) is 6.26. The van der Waals surface area contributed by atoms with Gasteiger partial charge < -0.3 is 33.2 Å². The molecule has 0 N–H and O–H groups in total. The van der Waals surface area contributed by atoms with Gasteiger partial charge in [-0.3, -0.25) is 4.79 Å². The van der Waals surface area contributed by atoms with Crippen LogP contribution in [0.2, 0.25) is 0 Å². The summed E-state index contributed by atoms with van der Waals surface area (Å²) >= 11 is 0. The summed E-state index contributed by atoms with van der Waals surface area (Å²) in [6.07, 6.45) is -2.34. The predicted molar refractivity (Wildman–Crippen MR) is 107 cm³/mol. The van der Waals surface area contributed by atoms with E-state index in [-0.39, 0.29) is 19.4 Å². The zero-order chi connectivity index (χ0) is 21.8. The van der Waals surface area contributed by atoms with E-state index in [0.29, 0.717) is 13.2 Å². The fourth-order valence-electron chi connectivity index (χ4n) is 3.48. The molecule has 8 heteroatoms. The number of hydrogen-bond acceptors (Lipinski definition) is 8. The third-order valence-electron chi connectivity index (χ3n) is 5.20. The quantitative estimate of drug-likeness (QED) is 0.339. The van der Waals surface area contributed by atoms with Gasteiger partial charge in [0.25, 0.3) is 0 Å². The van der Waals surface area contributed by atoms with Gasteiger partial charge in [0.15, 0.2) is 11.9 Å². The lowest BCUT2D eigenvalue weighted by molar-refractivity contribution is -0.311. The highest BCUT2D eigenvalue weighted by Gasteiger charge is 2.67. The van der Waals surface area contributed by atoms with Crippen molar-refractivity contribution in [1.82, 2.24) is 0 Å². The lowest BCUT2D eigenvalue weighted by Gasteiger charge is -2.44. The zero-order valence-electron chi connectivity index (χ0n) is 18.3. The van der Waals surface area contributed by atoms with Gasteiger partial charge in [0.2, 0.25) is 0 Å². The lowest BCUT2D eigenvalue weighted by atomic mass is 9.89. The van der Waals surface area contributed by atoms with Crippen LogP contribution in [0.25, 0.3) is 0 Å². The maximum absolute atomic E-state index is 12.2. The number of epoxide rings is 1. The molecule has 0 saturated carbocycles. The Morgan fingerprint density at radius 3 is 2.40 bits per heavy atom. The highest BCUT2D eigenvalue weighted by atomic mass is 16.8. The van der Waals surface area contributed by atoms with Gasteiger partial charge in [0.05, 0.1) is 18.6 Å². The molecule has 8 nitrogen and oxygen atoms in total. The Hall–Kier alpha value is -1.55. The maximum atomic E-state index is 12.2. The van der Waals surface area contributed by atoms with Gasteiger partial charge in [-0.15, -0.1) is 0 Å². The molecule has 0 radical (unpaired) electrons. The number of esters is 1.